The van der Waals surface area contributed by atoms with Crippen LogP contribution in [0.3, 0.4) is 0 Å². The Morgan fingerprint density at radius 3 is 1.81 bits per heavy atom. The molecule has 0 spiro atoms. The van der Waals surface area contributed by atoms with Crippen molar-refractivity contribution in [3.8, 4) is 22.3 Å². The van der Waals surface area contributed by atoms with Crippen molar-refractivity contribution in [2.24, 2.45) is 19.1 Å². The van der Waals surface area contributed by atoms with E-state index >= 15 is 0 Å². The van der Waals surface area contributed by atoms with E-state index in [1.165, 1.54) is 0 Å². The lowest BCUT2D eigenvalue weighted by atomic mass is 10.1. The van der Waals surface area contributed by atoms with Crippen molar-refractivity contribution in [2.45, 2.75) is 0 Å². The van der Waals surface area contributed by atoms with Gasteiger partial charge in [0.2, 0.25) is 0 Å². The molecule has 2 N–H and O–H groups in total. The number of thiocarbonyl (C=S) groups is 1. The molecule has 0 unspecified atom stereocenters. The average Bonchev–Trinajstić information content (AvgIpc) is 3.52. The highest BCUT2D eigenvalue weighted by atomic mass is 32.1. The lowest BCUT2D eigenvalue weighted by Crippen LogP contribution is -1.91. The van der Waals surface area contributed by atoms with Crippen LogP contribution in [0, 0.1) is 0 Å². The number of aryl methyl sites for hydroxylation is 2. The van der Waals surface area contributed by atoms with E-state index in [0.29, 0.717) is 11.6 Å². The van der Waals surface area contributed by atoms with E-state index in [4.69, 9.17) is 5.73 Å². The first-order chi connectivity index (χ1) is 17.5. The van der Waals surface area contributed by atoms with Gasteiger partial charge in [-0.2, -0.15) is 15.2 Å². The molecule has 0 saturated carbocycles. The molecule has 0 aliphatic carbocycles. The van der Waals surface area contributed by atoms with Gasteiger partial charge >= 0.3 is 0 Å². The highest BCUT2D eigenvalue weighted by Gasteiger charge is 2.05. The van der Waals surface area contributed by atoms with Crippen molar-refractivity contribution >= 4 is 51.1 Å². The van der Waals surface area contributed by atoms with Gasteiger partial charge in [0.05, 0.1) is 39.6 Å². The minimum Gasteiger partial charge on any atom is -0.384 e. The second kappa shape index (κ2) is 9.79. The molecule has 0 amide bonds. The topological polar surface area (TPSA) is 126 Å². The number of nitrogens with zero attached hydrogens (tertiary/aromatic N) is 9. The number of pyridine rings is 4. The van der Waals surface area contributed by atoms with Gasteiger partial charge < -0.3 is 5.73 Å². The number of nitrogens with two attached hydrogens (primary N) is 1. The summed E-state index contributed by atoms with van der Waals surface area (Å²) < 4.78 is 3.51. The molecule has 0 saturated heterocycles. The Hall–Kier alpha value is -4.86. The standard InChI is InChI=1S/C13H9N5S.C12H11N5/c1-18-7-10(6-16-18)9-4-12-11(14-5-9)2-3-13(17-12)15-8-19;1-17-7-9(6-15-17)8-4-11-10(14-5-8)2-3-12(13)16-11/h2-7H,1H3;2-7H,1H3,(H2,13,16). The van der Waals surface area contributed by atoms with E-state index < -0.39 is 0 Å². The summed E-state index contributed by atoms with van der Waals surface area (Å²) in [5.74, 6) is 1.04. The van der Waals surface area contributed by atoms with Gasteiger partial charge in [0, 0.05) is 61.1 Å². The van der Waals surface area contributed by atoms with Gasteiger partial charge in [0.25, 0.3) is 0 Å². The maximum atomic E-state index is 5.66. The lowest BCUT2D eigenvalue weighted by Gasteiger charge is -2.01. The number of aromatic nitrogens is 8. The van der Waals surface area contributed by atoms with Gasteiger partial charge in [-0.1, -0.05) is 0 Å². The zero-order valence-corrected chi connectivity index (χ0v) is 20.3. The molecule has 6 rings (SSSR count). The molecule has 36 heavy (non-hydrogen) atoms. The minimum absolute atomic E-state index is 0.502. The fourth-order valence-corrected chi connectivity index (χ4v) is 3.68. The Bertz CT molecular complexity index is 1750. The van der Waals surface area contributed by atoms with Crippen LogP contribution in [0.5, 0.6) is 0 Å². The smallest absolute Gasteiger partial charge is 0.163 e. The van der Waals surface area contributed by atoms with Crippen LogP contribution in [0.1, 0.15) is 0 Å². The summed E-state index contributed by atoms with van der Waals surface area (Å²) in [7, 11) is 3.76. The van der Waals surface area contributed by atoms with Gasteiger partial charge in [0.1, 0.15) is 5.82 Å². The van der Waals surface area contributed by atoms with E-state index in [9.17, 15) is 0 Å². The molecule has 11 heteroatoms. The predicted molar refractivity (Wildman–Crippen MR) is 143 cm³/mol. The molecule has 176 valence electrons. The molecule has 0 radical (unpaired) electrons. The van der Waals surface area contributed by atoms with Crippen molar-refractivity contribution in [1.29, 1.82) is 0 Å². The Balaban J connectivity index is 0.000000149. The van der Waals surface area contributed by atoms with Gasteiger partial charge in [-0.3, -0.25) is 19.3 Å². The highest BCUT2D eigenvalue weighted by Crippen LogP contribution is 2.23. The van der Waals surface area contributed by atoms with E-state index in [-0.39, 0.29) is 0 Å². The zero-order chi connectivity index (χ0) is 25.1. The summed E-state index contributed by atoms with van der Waals surface area (Å²) in [4.78, 5) is 21.2. The molecule has 0 aliphatic rings. The van der Waals surface area contributed by atoms with Crippen LogP contribution in [0.4, 0.5) is 11.6 Å². The van der Waals surface area contributed by atoms with Crippen LogP contribution in [-0.4, -0.2) is 44.7 Å². The maximum Gasteiger partial charge on any atom is 0.163 e. The number of hydrogen-bond donors (Lipinski definition) is 1. The quantitative estimate of drug-likeness (QED) is 0.285. The molecule has 0 fully saturated rings. The largest absolute Gasteiger partial charge is 0.384 e. The number of anilines is 1. The summed E-state index contributed by atoms with van der Waals surface area (Å²) in [5.41, 5.74) is 12.9. The van der Waals surface area contributed by atoms with Gasteiger partial charge in [-0.15, -0.1) is 0 Å². The lowest BCUT2D eigenvalue weighted by molar-refractivity contribution is 0.768. The Labute approximate surface area is 211 Å². The number of nitrogen functional groups attached to an aromatic ring is 1. The van der Waals surface area contributed by atoms with Crippen molar-refractivity contribution in [2.75, 3.05) is 5.73 Å². The third-order valence-corrected chi connectivity index (χ3v) is 5.41. The van der Waals surface area contributed by atoms with Gasteiger partial charge in [-0.05, 0) is 48.6 Å². The Kier molecular flexibility index (Phi) is 6.23. The highest BCUT2D eigenvalue weighted by molar-refractivity contribution is 7.78. The first-order valence-corrected chi connectivity index (χ1v) is 11.2. The molecule has 6 aromatic heterocycles. The first kappa shape index (κ1) is 22.9. The Morgan fingerprint density at radius 1 is 0.722 bits per heavy atom. The third-order valence-electron chi connectivity index (χ3n) is 5.32. The Morgan fingerprint density at radius 2 is 1.28 bits per heavy atom. The number of hydrogen-bond acceptors (Lipinski definition) is 9. The summed E-state index contributed by atoms with van der Waals surface area (Å²) in [6, 6.07) is 11.2. The maximum absolute atomic E-state index is 5.66. The number of rotatable bonds is 3. The van der Waals surface area contributed by atoms with Crippen LogP contribution in [0.15, 0.2) is 78.6 Å². The summed E-state index contributed by atoms with van der Waals surface area (Å²) in [6.07, 6.45) is 11.1. The molecule has 0 aliphatic heterocycles. The van der Waals surface area contributed by atoms with E-state index in [1.54, 1.807) is 33.9 Å². The van der Waals surface area contributed by atoms with Crippen LogP contribution in [0.25, 0.3) is 44.3 Å². The fraction of sp³-hybridized carbons (Fsp3) is 0.0800. The van der Waals surface area contributed by atoms with E-state index in [2.05, 4.69) is 52.5 Å². The van der Waals surface area contributed by atoms with Crippen LogP contribution in [0.2, 0.25) is 0 Å². The molecular formula is C25H20N10S. The first-order valence-electron chi connectivity index (χ1n) is 10.8. The van der Waals surface area contributed by atoms with E-state index in [0.717, 1.165) is 44.3 Å². The molecule has 0 bridgehead atoms. The van der Waals surface area contributed by atoms with Gasteiger partial charge in [0.15, 0.2) is 5.82 Å². The molecule has 6 heterocycles. The number of aliphatic imine (C=N–C) groups is 1. The van der Waals surface area contributed by atoms with Crippen LogP contribution >= 0.6 is 12.2 Å². The normalized spacial score (nSPS) is 10.6. The molecule has 10 nitrogen and oxygen atoms in total. The fourth-order valence-electron chi connectivity index (χ4n) is 3.58. The minimum atomic E-state index is 0.502. The van der Waals surface area contributed by atoms with Crippen LogP contribution < -0.4 is 5.73 Å². The van der Waals surface area contributed by atoms with Crippen LogP contribution in [-0.2, 0) is 14.1 Å². The van der Waals surface area contributed by atoms with Crippen molar-refractivity contribution in [3.05, 3.63) is 73.6 Å². The second-order valence-corrected chi connectivity index (χ2v) is 8.12. The number of isothiocyanates is 1. The van der Waals surface area contributed by atoms with Crippen molar-refractivity contribution in [1.82, 2.24) is 39.5 Å². The second-order valence-electron chi connectivity index (χ2n) is 7.94. The summed E-state index contributed by atoms with van der Waals surface area (Å²) in [5, 5.41) is 10.6. The summed E-state index contributed by atoms with van der Waals surface area (Å²) >= 11 is 4.58. The average molecular weight is 493 g/mol. The van der Waals surface area contributed by atoms with Crippen molar-refractivity contribution in [3.63, 3.8) is 0 Å². The predicted octanol–water partition coefficient (Wildman–Crippen LogP) is 4.38. The molecular weight excluding hydrogens is 472 g/mol. The van der Waals surface area contributed by atoms with E-state index in [1.807, 2.05) is 63.1 Å². The summed E-state index contributed by atoms with van der Waals surface area (Å²) in [6.45, 7) is 0. The SMILES string of the molecule is Cn1cc(-c2cnc3ccc(N)nc3c2)cn1.Cn1cc(-c2cnc3ccc(N=C=S)nc3c2)cn1. The third kappa shape index (κ3) is 4.97. The molecule has 6 aromatic rings. The number of fused-ring (bicyclic) bond motifs is 2. The van der Waals surface area contributed by atoms with Crippen molar-refractivity contribution < 1.29 is 0 Å². The molecule has 0 aromatic carbocycles. The molecule has 0 atom stereocenters. The monoisotopic (exact) mass is 492 g/mol. The van der Waals surface area contributed by atoms with Gasteiger partial charge in [-0.25, -0.2) is 9.97 Å². The zero-order valence-electron chi connectivity index (χ0n) is 19.4.